The first-order valence-corrected chi connectivity index (χ1v) is 14.6. The number of nitrogens with zero attached hydrogens (tertiary/aromatic N) is 2. The molecule has 0 aliphatic rings. The largest absolute Gasteiger partial charge is 0.440 e. The van der Waals surface area contributed by atoms with Crippen molar-refractivity contribution < 1.29 is 35.2 Å². The second-order valence-electron chi connectivity index (χ2n) is 12.2. The van der Waals surface area contributed by atoms with Crippen LogP contribution in [0.5, 0.6) is 0 Å². The summed E-state index contributed by atoms with van der Waals surface area (Å²) in [7, 11) is 0. The number of hydrogen-bond acceptors (Lipinski definition) is 4. The Bertz CT molecular complexity index is 1790. The van der Waals surface area contributed by atoms with Crippen LogP contribution in [0, 0.1) is 0 Å². The van der Waals surface area contributed by atoms with E-state index in [1.165, 1.54) is 0 Å². The fourth-order valence-electron chi connectivity index (χ4n) is 5.55. The van der Waals surface area contributed by atoms with Crippen molar-refractivity contribution in [2.45, 2.75) is 89.4 Å². The Balaban J connectivity index is 1.69. The van der Waals surface area contributed by atoms with E-state index in [-0.39, 0.29) is 39.4 Å². The van der Waals surface area contributed by atoms with Gasteiger partial charge in [0, 0.05) is 11.0 Å². The smallest absolute Gasteiger partial charge is 0.411 e. The van der Waals surface area contributed by atoms with Crippen LogP contribution in [0.4, 0.5) is 26.3 Å². The second kappa shape index (κ2) is 10.7. The van der Waals surface area contributed by atoms with Gasteiger partial charge in [-0.3, -0.25) is 0 Å². The normalized spacial score (nSPS) is 13.7. The van der Waals surface area contributed by atoms with E-state index < -0.39 is 34.3 Å². The number of benzene rings is 3. The highest BCUT2D eigenvalue weighted by atomic mass is 19.4. The molecule has 0 amide bonds. The molecule has 0 atom stereocenters. The highest BCUT2D eigenvalue weighted by Gasteiger charge is 2.72. The van der Waals surface area contributed by atoms with E-state index in [1.807, 2.05) is 39.0 Å². The van der Waals surface area contributed by atoms with Gasteiger partial charge in [0.15, 0.2) is 11.2 Å². The van der Waals surface area contributed by atoms with E-state index in [2.05, 4.69) is 30.7 Å². The van der Waals surface area contributed by atoms with Gasteiger partial charge in [0.2, 0.25) is 17.2 Å². The fraction of sp³-hybridized carbons (Fsp3) is 0.412. The Morgan fingerprint density at radius 3 is 1.68 bits per heavy atom. The molecule has 0 saturated carbocycles. The Hall–Kier alpha value is -3.82. The predicted octanol–water partition coefficient (Wildman–Crippen LogP) is 10.8. The van der Waals surface area contributed by atoms with Gasteiger partial charge in [0.25, 0.3) is 0 Å². The number of oxazole rings is 2. The number of aromatic nitrogens is 2. The summed E-state index contributed by atoms with van der Waals surface area (Å²) in [5.41, 5.74) is -5.53. The van der Waals surface area contributed by atoms with Crippen LogP contribution in [-0.4, -0.2) is 22.3 Å². The monoisotopic (exact) mass is 616 g/mol. The van der Waals surface area contributed by atoms with Crippen molar-refractivity contribution in [2.24, 2.45) is 0 Å². The molecule has 0 bridgehead atoms. The lowest BCUT2D eigenvalue weighted by atomic mass is 9.72. The summed E-state index contributed by atoms with van der Waals surface area (Å²) in [6.45, 7) is 11.8. The van der Waals surface area contributed by atoms with E-state index >= 15 is 0 Å². The third-order valence-electron chi connectivity index (χ3n) is 9.32. The van der Waals surface area contributed by atoms with Gasteiger partial charge < -0.3 is 8.83 Å². The molecule has 3 aromatic carbocycles. The lowest BCUT2D eigenvalue weighted by Gasteiger charge is -2.38. The summed E-state index contributed by atoms with van der Waals surface area (Å²) in [5.74, 6) is 0.337. The summed E-state index contributed by atoms with van der Waals surface area (Å²) >= 11 is 0. The molecule has 0 saturated heterocycles. The van der Waals surface area contributed by atoms with Gasteiger partial charge in [0.1, 0.15) is 11.0 Å². The molecule has 44 heavy (non-hydrogen) atoms. The SMILES string of the molecule is CCC(C)(C)c1nc2cc(C(c3ccc4oc(-c5cccc(C(C)(CC)CC)c5)nc4c3)(C(F)(F)F)C(F)(F)F)ccc2o1. The maximum absolute atomic E-state index is 15.0. The minimum atomic E-state index is -5.77. The van der Waals surface area contributed by atoms with E-state index in [4.69, 9.17) is 8.83 Å². The van der Waals surface area contributed by atoms with Crippen molar-refractivity contribution in [1.82, 2.24) is 9.97 Å². The number of hydrogen-bond donors (Lipinski definition) is 0. The molecule has 0 unspecified atom stereocenters. The summed E-state index contributed by atoms with van der Waals surface area (Å²) in [5, 5.41) is 0. The maximum Gasteiger partial charge on any atom is 0.411 e. The summed E-state index contributed by atoms with van der Waals surface area (Å²) in [4.78, 5) is 8.63. The molecule has 0 aliphatic carbocycles. The zero-order chi connectivity index (χ0) is 32.3. The van der Waals surface area contributed by atoms with Crippen molar-refractivity contribution in [3.63, 3.8) is 0 Å². The minimum absolute atomic E-state index is 0.0690. The maximum atomic E-state index is 15.0. The molecule has 0 aliphatic heterocycles. The van der Waals surface area contributed by atoms with Crippen LogP contribution in [0.2, 0.25) is 0 Å². The number of rotatable bonds is 8. The zero-order valence-corrected chi connectivity index (χ0v) is 25.4. The Kier molecular flexibility index (Phi) is 7.66. The van der Waals surface area contributed by atoms with E-state index in [0.717, 1.165) is 54.8 Å². The molecule has 234 valence electrons. The molecule has 2 aromatic heterocycles. The van der Waals surface area contributed by atoms with Gasteiger partial charge in [-0.15, -0.1) is 0 Å². The molecular weight excluding hydrogens is 582 g/mol. The first kappa shape index (κ1) is 31.6. The molecule has 10 heteroatoms. The third-order valence-corrected chi connectivity index (χ3v) is 9.32. The van der Waals surface area contributed by atoms with Crippen LogP contribution in [0.25, 0.3) is 33.7 Å². The van der Waals surface area contributed by atoms with E-state index in [1.54, 1.807) is 6.07 Å². The third kappa shape index (κ3) is 4.96. The highest BCUT2D eigenvalue weighted by Crippen LogP contribution is 2.57. The molecule has 0 radical (unpaired) electrons. The molecule has 0 fully saturated rings. The average Bonchev–Trinajstić information content (AvgIpc) is 3.60. The summed E-state index contributed by atoms with van der Waals surface area (Å²) in [6, 6.07) is 12.9. The first-order valence-electron chi connectivity index (χ1n) is 14.6. The van der Waals surface area contributed by atoms with Crippen LogP contribution >= 0.6 is 0 Å². The molecule has 0 N–H and O–H groups in total. The number of halogens is 6. The van der Waals surface area contributed by atoms with Crippen molar-refractivity contribution in [1.29, 1.82) is 0 Å². The first-order chi connectivity index (χ1) is 20.5. The van der Waals surface area contributed by atoms with Crippen molar-refractivity contribution >= 4 is 22.2 Å². The molecule has 5 aromatic rings. The number of alkyl halides is 6. The van der Waals surface area contributed by atoms with Gasteiger partial charge in [-0.25, -0.2) is 9.97 Å². The topological polar surface area (TPSA) is 52.1 Å². The van der Waals surface area contributed by atoms with Crippen LogP contribution in [0.3, 0.4) is 0 Å². The van der Waals surface area contributed by atoms with Crippen LogP contribution in [0.1, 0.15) is 83.4 Å². The van der Waals surface area contributed by atoms with E-state index in [9.17, 15) is 26.3 Å². The Labute approximate surface area is 251 Å². The molecule has 4 nitrogen and oxygen atoms in total. The minimum Gasteiger partial charge on any atom is -0.440 e. The van der Waals surface area contributed by atoms with Crippen molar-refractivity contribution in [2.75, 3.05) is 0 Å². The van der Waals surface area contributed by atoms with Crippen LogP contribution < -0.4 is 0 Å². The summed E-state index contributed by atoms with van der Waals surface area (Å²) < 4.78 is 101. The zero-order valence-electron chi connectivity index (χ0n) is 25.4. The fourth-order valence-corrected chi connectivity index (χ4v) is 5.55. The van der Waals surface area contributed by atoms with Gasteiger partial charge in [0.05, 0.1) is 0 Å². The van der Waals surface area contributed by atoms with Crippen molar-refractivity contribution in [3.8, 4) is 11.5 Å². The summed E-state index contributed by atoms with van der Waals surface area (Å²) in [6.07, 6.45) is -9.19. The van der Waals surface area contributed by atoms with Gasteiger partial charge >= 0.3 is 12.4 Å². The average molecular weight is 617 g/mol. The standard InChI is InChI=1S/C34H34F6N2O2/c1-7-30(4,5)29-42-25-19-23(14-16-27(25)44-29)32(33(35,36)37,34(38,39)40)22-13-15-26-24(18-22)41-28(43-26)20-11-10-12-21(17-20)31(6,8-2)9-3/h10-19H,7-9H2,1-6H3. The quantitative estimate of drug-likeness (QED) is 0.163. The lowest BCUT2D eigenvalue weighted by molar-refractivity contribution is -0.288. The Morgan fingerprint density at radius 2 is 1.16 bits per heavy atom. The predicted molar refractivity (Wildman–Crippen MR) is 158 cm³/mol. The second-order valence-corrected chi connectivity index (χ2v) is 12.2. The van der Waals surface area contributed by atoms with E-state index in [0.29, 0.717) is 12.0 Å². The van der Waals surface area contributed by atoms with Gasteiger partial charge in [-0.1, -0.05) is 65.8 Å². The van der Waals surface area contributed by atoms with Gasteiger partial charge in [-0.05, 0) is 77.8 Å². The molecule has 2 heterocycles. The van der Waals surface area contributed by atoms with Crippen molar-refractivity contribution in [3.05, 3.63) is 83.2 Å². The lowest BCUT2D eigenvalue weighted by Crippen LogP contribution is -2.54. The molecule has 0 spiro atoms. The van der Waals surface area contributed by atoms with Gasteiger partial charge in [-0.2, -0.15) is 26.3 Å². The highest BCUT2D eigenvalue weighted by molar-refractivity contribution is 5.79. The molecule has 5 rings (SSSR count). The molecular formula is C34H34F6N2O2. The van der Waals surface area contributed by atoms with Crippen LogP contribution in [-0.2, 0) is 16.2 Å². The van der Waals surface area contributed by atoms with Crippen LogP contribution in [0.15, 0.2) is 69.5 Å². The number of fused-ring (bicyclic) bond motifs is 2. The Morgan fingerprint density at radius 1 is 0.614 bits per heavy atom.